The van der Waals surface area contributed by atoms with Gasteiger partial charge in [-0.3, -0.25) is 9.59 Å². The fraction of sp³-hybridized carbons (Fsp3) is 0.364. The highest BCUT2D eigenvalue weighted by Crippen LogP contribution is 2.19. The Bertz CT molecular complexity index is 487. The van der Waals surface area contributed by atoms with Crippen molar-refractivity contribution in [3.05, 3.63) is 15.6 Å². The Morgan fingerprint density at radius 3 is 2.59 bits per heavy atom. The summed E-state index contributed by atoms with van der Waals surface area (Å²) in [6.45, 7) is 3.07. The summed E-state index contributed by atoms with van der Waals surface area (Å²) in [5.74, 6) is 0.805. The average molecular weight is 252 g/mol. The molecule has 1 heterocycles. The number of carboxylic acids is 1. The molecule has 0 atom stereocenters. The normalized spacial score (nSPS) is 9.71. The first-order valence-corrected chi connectivity index (χ1v) is 5.66. The highest BCUT2D eigenvalue weighted by atomic mass is 32.1. The summed E-state index contributed by atoms with van der Waals surface area (Å²) < 4.78 is 0. The van der Waals surface area contributed by atoms with E-state index in [2.05, 4.69) is 10.9 Å². The SMILES string of the molecule is C#CCN(CC(=O)O)C(=O)c1sc(C)nc1C. The number of amides is 1. The molecule has 0 unspecified atom stereocenters. The molecular weight excluding hydrogens is 240 g/mol. The molecule has 0 saturated carbocycles. The van der Waals surface area contributed by atoms with Crippen molar-refractivity contribution in [1.82, 2.24) is 9.88 Å². The summed E-state index contributed by atoms with van der Waals surface area (Å²) in [4.78, 5) is 28.4. The lowest BCUT2D eigenvalue weighted by Gasteiger charge is -2.16. The highest BCUT2D eigenvalue weighted by Gasteiger charge is 2.21. The average Bonchev–Trinajstić information content (AvgIpc) is 2.55. The van der Waals surface area contributed by atoms with E-state index < -0.39 is 12.5 Å². The molecule has 6 heteroatoms. The van der Waals surface area contributed by atoms with E-state index in [1.54, 1.807) is 13.8 Å². The molecule has 90 valence electrons. The van der Waals surface area contributed by atoms with Crippen molar-refractivity contribution in [3.8, 4) is 12.3 Å². The van der Waals surface area contributed by atoms with Crippen molar-refractivity contribution in [2.45, 2.75) is 13.8 Å². The largest absolute Gasteiger partial charge is 0.480 e. The fourth-order valence-corrected chi connectivity index (χ4v) is 2.23. The number of hydrogen-bond acceptors (Lipinski definition) is 4. The number of hydrogen-bond donors (Lipinski definition) is 1. The van der Waals surface area contributed by atoms with Crippen LogP contribution in [-0.2, 0) is 4.79 Å². The van der Waals surface area contributed by atoms with E-state index in [1.165, 1.54) is 11.3 Å². The molecule has 1 aromatic rings. The number of aliphatic carboxylic acids is 1. The van der Waals surface area contributed by atoms with Crippen LogP contribution in [0.15, 0.2) is 0 Å². The minimum Gasteiger partial charge on any atom is -0.480 e. The Labute approximate surface area is 103 Å². The second kappa shape index (κ2) is 5.46. The Morgan fingerprint density at radius 2 is 2.18 bits per heavy atom. The van der Waals surface area contributed by atoms with E-state index in [9.17, 15) is 9.59 Å². The number of carbonyl (C=O) groups is 2. The predicted octanol–water partition coefficient (Wildman–Crippen LogP) is 0.920. The molecule has 0 fully saturated rings. The molecule has 1 aromatic heterocycles. The van der Waals surface area contributed by atoms with Gasteiger partial charge in [0, 0.05) is 0 Å². The van der Waals surface area contributed by atoms with Crippen LogP contribution in [0.3, 0.4) is 0 Å². The van der Waals surface area contributed by atoms with Gasteiger partial charge >= 0.3 is 5.97 Å². The number of carboxylic acid groups (broad SMARTS) is 1. The van der Waals surface area contributed by atoms with Crippen LogP contribution in [0, 0.1) is 26.2 Å². The van der Waals surface area contributed by atoms with Crippen molar-refractivity contribution in [1.29, 1.82) is 0 Å². The maximum Gasteiger partial charge on any atom is 0.323 e. The van der Waals surface area contributed by atoms with Crippen molar-refractivity contribution in [2.75, 3.05) is 13.1 Å². The van der Waals surface area contributed by atoms with Gasteiger partial charge in [-0.1, -0.05) is 5.92 Å². The number of aryl methyl sites for hydroxylation is 2. The monoisotopic (exact) mass is 252 g/mol. The number of rotatable bonds is 4. The zero-order valence-corrected chi connectivity index (χ0v) is 10.4. The number of carbonyl (C=O) groups excluding carboxylic acids is 1. The third-order valence-corrected chi connectivity index (χ3v) is 3.05. The van der Waals surface area contributed by atoms with Crippen LogP contribution in [0.5, 0.6) is 0 Å². The zero-order chi connectivity index (χ0) is 13.0. The van der Waals surface area contributed by atoms with E-state index in [0.29, 0.717) is 10.6 Å². The van der Waals surface area contributed by atoms with Crippen LogP contribution in [0.2, 0.25) is 0 Å². The maximum atomic E-state index is 12.0. The summed E-state index contributed by atoms with van der Waals surface area (Å²) >= 11 is 1.24. The summed E-state index contributed by atoms with van der Waals surface area (Å²) in [6.07, 6.45) is 5.12. The quantitative estimate of drug-likeness (QED) is 0.809. The van der Waals surface area contributed by atoms with Gasteiger partial charge in [-0.05, 0) is 13.8 Å². The van der Waals surface area contributed by atoms with Crippen LogP contribution < -0.4 is 0 Å². The molecule has 0 radical (unpaired) electrons. The number of terminal acetylenes is 1. The van der Waals surface area contributed by atoms with Gasteiger partial charge in [0.15, 0.2) is 0 Å². The summed E-state index contributed by atoms with van der Waals surface area (Å²) in [5, 5.41) is 9.47. The lowest BCUT2D eigenvalue weighted by Crippen LogP contribution is -2.35. The van der Waals surface area contributed by atoms with Gasteiger partial charge in [0.1, 0.15) is 11.4 Å². The molecule has 0 aliphatic heterocycles. The van der Waals surface area contributed by atoms with Crippen LogP contribution in [-0.4, -0.2) is 40.0 Å². The Hall–Kier alpha value is -1.87. The molecule has 0 spiro atoms. The Balaban J connectivity index is 2.95. The number of aromatic nitrogens is 1. The summed E-state index contributed by atoms with van der Waals surface area (Å²) in [5.41, 5.74) is 0.602. The Morgan fingerprint density at radius 1 is 1.53 bits per heavy atom. The summed E-state index contributed by atoms with van der Waals surface area (Å²) in [6, 6.07) is 0. The van der Waals surface area contributed by atoms with Crippen LogP contribution in [0.4, 0.5) is 0 Å². The lowest BCUT2D eigenvalue weighted by atomic mass is 10.3. The highest BCUT2D eigenvalue weighted by molar-refractivity contribution is 7.13. The molecule has 0 saturated heterocycles. The van der Waals surface area contributed by atoms with Gasteiger partial charge in [-0.15, -0.1) is 17.8 Å². The maximum absolute atomic E-state index is 12.0. The lowest BCUT2D eigenvalue weighted by molar-refractivity contribution is -0.137. The second-order valence-electron chi connectivity index (χ2n) is 3.41. The molecule has 0 bridgehead atoms. The first kappa shape index (κ1) is 13.2. The van der Waals surface area contributed by atoms with Crippen LogP contribution in [0.25, 0.3) is 0 Å². The number of nitrogens with zero attached hydrogens (tertiary/aromatic N) is 2. The summed E-state index contributed by atoms with van der Waals surface area (Å²) in [7, 11) is 0. The van der Waals surface area contributed by atoms with Crippen molar-refractivity contribution in [3.63, 3.8) is 0 Å². The Kier molecular flexibility index (Phi) is 4.24. The van der Waals surface area contributed by atoms with Gasteiger partial charge in [0.2, 0.25) is 0 Å². The molecular formula is C11H12N2O3S. The van der Waals surface area contributed by atoms with E-state index in [0.717, 1.165) is 9.91 Å². The molecule has 17 heavy (non-hydrogen) atoms. The van der Waals surface area contributed by atoms with Crippen LogP contribution in [0.1, 0.15) is 20.4 Å². The first-order valence-electron chi connectivity index (χ1n) is 4.84. The third-order valence-electron chi connectivity index (χ3n) is 1.99. The number of thiazole rings is 1. The zero-order valence-electron chi connectivity index (χ0n) is 9.56. The third kappa shape index (κ3) is 3.29. The fourth-order valence-electron chi connectivity index (χ4n) is 1.35. The van der Waals surface area contributed by atoms with Crippen molar-refractivity contribution < 1.29 is 14.7 Å². The molecule has 1 rings (SSSR count). The van der Waals surface area contributed by atoms with E-state index in [-0.39, 0.29) is 12.5 Å². The molecule has 0 aliphatic carbocycles. The standard InChI is InChI=1S/C11H12N2O3S/c1-4-5-13(6-9(14)15)11(16)10-7(2)12-8(3)17-10/h1H,5-6H2,2-3H3,(H,14,15). The first-order chi connectivity index (χ1) is 7.95. The minimum absolute atomic E-state index is 0.0263. The van der Waals surface area contributed by atoms with Crippen molar-refractivity contribution >= 4 is 23.2 Å². The van der Waals surface area contributed by atoms with Crippen LogP contribution >= 0.6 is 11.3 Å². The van der Waals surface area contributed by atoms with Gasteiger partial charge in [-0.25, -0.2) is 4.98 Å². The molecule has 1 amide bonds. The molecule has 5 nitrogen and oxygen atoms in total. The smallest absolute Gasteiger partial charge is 0.323 e. The van der Waals surface area contributed by atoms with E-state index >= 15 is 0 Å². The predicted molar refractivity (Wildman–Crippen MR) is 64.0 cm³/mol. The molecule has 1 N–H and O–H groups in total. The van der Waals surface area contributed by atoms with Gasteiger partial charge in [0.05, 0.1) is 17.2 Å². The van der Waals surface area contributed by atoms with Crippen molar-refractivity contribution in [2.24, 2.45) is 0 Å². The minimum atomic E-state index is -1.09. The van der Waals surface area contributed by atoms with E-state index in [1.807, 2.05) is 0 Å². The molecule has 0 aliphatic rings. The van der Waals surface area contributed by atoms with Gasteiger partial charge in [0.25, 0.3) is 5.91 Å². The molecule has 0 aromatic carbocycles. The second-order valence-corrected chi connectivity index (χ2v) is 4.61. The van der Waals surface area contributed by atoms with Gasteiger partial charge < -0.3 is 10.0 Å². The van der Waals surface area contributed by atoms with Gasteiger partial charge in [-0.2, -0.15) is 0 Å². The topological polar surface area (TPSA) is 70.5 Å². The van der Waals surface area contributed by atoms with E-state index in [4.69, 9.17) is 11.5 Å².